The van der Waals surface area contributed by atoms with Crippen molar-refractivity contribution < 1.29 is 9.64 Å². The minimum Gasteiger partial charge on any atom is -0.495 e. The fourth-order valence-electron chi connectivity index (χ4n) is 2.34. The third-order valence-electron chi connectivity index (χ3n) is 3.34. The van der Waals surface area contributed by atoms with Crippen LogP contribution in [0, 0.1) is 0 Å². The van der Waals surface area contributed by atoms with Gasteiger partial charge in [0, 0.05) is 0 Å². The van der Waals surface area contributed by atoms with E-state index in [0.29, 0.717) is 0 Å². The molecule has 1 fully saturated rings. The summed E-state index contributed by atoms with van der Waals surface area (Å²) in [6.45, 7) is 5.54. The molecule has 0 bridgehead atoms. The number of rotatable bonds is 4. The fourth-order valence-corrected chi connectivity index (χ4v) is 2.61. The van der Waals surface area contributed by atoms with Crippen molar-refractivity contribution in [2.75, 3.05) is 50.6 Å². The normalized spacial score (nSPS) is 17.2. The standard InChI is InChI=1S/C13H19ClN2O/c1-17-13-5-3-2-4-12(13)16-10-8-15(7-6-14)9-11-16/h2-5H,6-11H2,1H3/p+1. The van der Waals surface area contributed by atoms with E-state index < -0.39 is 0 Å². The molecule has 0 unspecified atom stereocenters. The summed E-state index contributed by atoms with van der Waals surface area (Å²) in [6, 6.07) is 8.23. The second-order valence-electron chi connectivity index (χ2n) is 4.35. The topological polar surface area (TPSA) is 16.9 Å². The molecular formula is C13H20ClN2O+. The molecular weight excluding hydrogens is 236 g/mol. The lowest BCUT2D eigenvalue weighted by Gasteiger charge is -2.34. The number of halogens is 1. The van der Waals surface area contributed by atoms with E-state index >= 15 is 0 Å². The van der Waals surface area contributed by atoms with Gasteiger partial charge in [-0.25, -0.2) is 0 Å². The Hall–Kier alpha value is -0.930. The summed E-state index contributed by atoms with van der Waals surface area (Å²) in [5.74, 6) is 1.72. The van der Waals surface area contributed by atoms with Gasteiger partial charge in [-0.2, -0.15) is 0 Å². The summed E-state index contributed by atoms with van der Waals surface area (Å²) < 4.78 is 5.40. The highest BCUT2D eigenvalue weighted by atomic mass is 35.5. The van der Waals surface area contributed by atoms with Crippen LogP contribution in [0.15, 0.2) is 24.3 Å². The lowest BCUT2D eigenvalue weighted by molar-refractivity contribution is -0.898. The van der Waals surface area contributed by atoms with Gasteiger partial charge in [0.1, 0.15) is 5.75 Å². The number of piperazine rings is 1. The van der Waals surface area contributed by atoms with Crippen molar-refractivity contribution in [3.8, 4) is 5.75 Å². The van der Waals surface area contributed by atoms with Gasteiger partial charge in [-0.3, -0.25) is 0 Å². The molecule has 17 heavy (non-hydrogen) atoms. The molecule has 0 aromatic heterocycles. The number of quaternary nitrogens is 1. The summed E-state index contributed by atoms with van der Waals surface area (Å²) in [5, 5.41) is 0. The summed E-state index contributed by atoms with van der Waals surface area (Å²) in [5.41, 5.74) is 1.21. The van der Waals surface area contributed by atoms with Crippen molar-refractivity contribution in [2.24, 2.45) is 0 Å². The van der Waals surface area contributed by atoms with Crippen LogP contribution < -0.4 is 14.5 Å². The largest absolute Gasteiger partial charge is 0.495 e. The second kappa shape index (κ2) is 6.12. The number of hydrogen-bond donors (Lipinski definition) is 1. The van der Waals surface area contributed by atoms with E-state index in [-0.39, 0.29) is 0 Å². The van der Waals surface area contributed by atoms with E-state index in [4.69, 9.17) is 16.3 Å². The number of anilines is 1. The zero-order chi connectivity index (χ0) is 12.1. The third kappa shape index (κ3) is 3.05. The maximum atomic E-state index is 5.78. The van der Waals surface area contributed by atoms with Crippen LogP contribution >= 0.6 is 11.6 Å². The molecule has 0 saturated carbocycles. The van der Waals surface area contributed by atoms with Crippen molar-refractivity contribution in [3.05, 3.63) is 24.3 Å². The van der Waals surface area contributed by atoms with Crippen LogP contribution in [0.25, 0.3) is 0 Å². The monoisotopic (exact) mass is 255 g/mol. The summed E-state index contributed by atoms with van der Waals surface area (Å²) >= 11 is 5.78. The Morgan fingerprint density at radius 3 is 2.65 bits per heavy atom. The Morgan fingerprint density at radius 2 is 2.00 bits per heavy atom. The number of hydrogen-bond acceptors (Lipinski definition) is 2. The molecule has 1 aromatic carbocycles. The van der Waals surface area contributed by atoms with E-state index in [1.807, 2.05) is 12.1 Å². The van der Waals surface area contributed by atoms with Gasteiger partial charge >= 0.3 is 0 Å². The molecule has 0 aliphatic carbocycles. The van der Waals surface area contributed by atoms with Crippen LogP contribution in [-0.2, 0) is 0 Å². The molecule has 0 spiro atoms. The maximum Gasteiger partial charge on any atom is 0.142 e. The number of nitrogens with one attached hydrogen (secondary N) is 1. The van der Waals surface area contributed by atoms with Gasteiger partial charge in [-0.1, -0.05) is 12.1 Å². The molecule has 1 aromatic rings. The van der Waals surface area contributed by atoms with Crippen LogP contribution in [0.5, 0.6) is 5.75 Å². The van der Waals surface area contributed by atoms with Crippen LogP contribution in [-0.4, -0.2) is 45.7 Å². The highest BCUT2D eigenvalue weighted by Gasteiger charge is 2.21. The molecule has 0 amide bonds. The Labute approximate surface area is 108 Å². The SMILES string of the molecule is COc1ccccc1N1CC[NH+](CCCl)CC1. The molecule has 1 saturated heterocycles. The number of para-hydroxylation sites is 2. The van der Waals surface area contributed by atoms with Gasteiger partial charge < -0.3 is 14.5 Å². The summed E-state index contributed by atoms with van der Waals surface area (Å²) in [4.78, 5) is 4.00. The predicted octanol–water partition coefficient (Wildman–Crippen LogP) is 0.639. The van der Waals surface area contributed by atoms with Crippen molar-refractivity contribution >= 4 is 17.3 Å². The molecule has 3 nitrogen and oxygen atoms in total. The molecule has 1 aliphatic rings. The third-order valence-corrected chi connectivity index (χ3v) is 3.53. The van der Waals surface area contributed by atoms with Crippen LogP contribution in [0.4, 0.5) is 5.69 Å². The first kappa shape index (κ1) is 12.5. The molecule has 94 valence electrons. The molecule has 1 heterocycles. The highest BCUT2D eigenvalue weighted by molar-refractivity contribution is 6.17. The van der Waals surface area contributed by atoms with Crippen LogP contribution in [0.1, 0.15) is 0 Å². The zero-order valence-corrected chi connectivity index (χ0v) is 11.0. The molecule has 0 atom stereocenters. The first-order valence-corrected chi connectivity index (χ1v) is 6.66. The van der Waals surface area contributed by atoms with E-state index in [2.05, 4.69) is 17.0 Å². The van der Waals surface area contributed by atoms with Gasteiger partial charge in [0.15, 0.2) is 0 Å². The lowest BCUT2D eigenvalue weighted by atomic mass is 10.2. The summed E-state index contributed by atoms with van der Waals surface area (Å²) in [6.07, 6.45) is 0. The second-order valence-corrected chi connectivity index (χ2v) is 4.73. The van der Waals surface area contributed by atoms with Gasteiger partial charge in [-0.15, -0.1) is 11.6 Å². The number of ether oxygens (including phenoxy) is 1. The van der Waals surface area contributed by atoms with Crippen molar-refractivity contribution in [3.63, 3.8) is 0 Å². The average molecular weight is 256 g/mol. The lowest BCUT2D eigenvalue weighted by Crippen LogP contribution is -3.15. The number of benzene rings is 1. The molecule has 4 heteroatoms. The van der Waals surface area contributed by atoms with Crippen molar-refractivity contribution in [1.82, 2.24) is 0 Å². The number of methoxy groups -OCH3 is 1. The van der Waals surface area contributed by atoms with Gasteiger partial charge in [-0.05, 0) is 12.1 Å². The first-order chi connectivity index (χ1) is 8.35. The first-order valence-electron chi connectivity index (χ1n) is 6.12. The summed E-state index contributed by atoms with van der Waals surface area (Å²) in [7, 11) is 1.73. The number of nitrogens with zero attached hydrogens (tertiary/aromatic N) is 1. The van der Waals surface area contributed by atoms with Gasteiger partial charge in [0.2, 0.25) is 0 Å². The van der Waals surface area contributed by atoms with Crippen LogP contribution in [0.3, 0.4) is 0 Å². The van der Waals surface area contributed by atoms with E-state index in [1.54, 1.807) is 12.0 Å². The zero-order valence-electron chi connectivity index (χ0n) is 10.3. The van der Waals surface area contributed by atoms with Gasteiger partial charge in [0.05, 0.1) is 51.4 Å². The molecule has 2 rings (SSSR count). The van der Waals surface area contributed by atoms with E-state index in [1.165, 1.54) is 5.69 Å². The minimum atomic E-state index is 0.754. The highest BCUT2D eigenvalue weighted by Crippen LogP contribution is 2.27. The Bertz CT molecular complexity index is 351. The van der Waals surface area contributed by atoms with E-state index in [9.17, 15) is 0 Å². The minimum absolute atomic E-state index is 0.754. The maximum absolute atomic E-state index is 5.78. The molecule has 1 aliphatic heterocycles. The average Bonchev–Trinajstić information content (AvgIpc) is 2.40. The van der Waals surface area contributed by atoms with Gasteiger partial charge in [0.25, 0.3) is 0 Å². The van der Waals surface area contributed by atoms with Crippen molar-refractivity contribution in [1.29, 1.82) is 0 Å². The fraction of sp³-hybridized carbons (Fsp3) is 0.538. The Morgan fingerprint density at radius 1 is 1.29 bits per heavy atom. The van der Waals surface area contributed by atoms with Crippen LogP contribution in [0.2, 0.25) is 0 Å². The predicted molar refractivity (Wildman–Crippen MR) is 71.5 cm³/mol. The Balaban J connectivity index is 2.00. The smallest absolute Gasteiger partial charge is 0.142 e. The quantitative estimate of drug-likeness (QED) is 0.796. The van der Waals surface area contributed by atoms with E-state index in [0.717, 1.165) is 44.4 Å². The Kier molecular flexibility index (Phi) is 4.51. The molecule has 1 N–H and O–H groups in total. The molecule has 0 radical (unpaired) electrons. The number of alkyl halides is 1. The van der Waals surface area contributed by atoms with Crippen molar-refractivity contribution in [2.45, 2.75) is 0 Å².